The highest BCUT2D eigenvalue weighted by atomic mass is 16.5. The van der Waals surface area contributed by atoms with Crippen molar-refractivity contribution in [3.63, 3.8) is 0 Å². The fraction of sp³-hybridized carbons (Fsp3) is 0.333. The maximum absolute atomic E-state index is 5.50. The van der Waals surface area contributed by atoms with E-state index in [2.05, 4.69) is 9.98 Å². The smallest absolute Gasteiger partial charge is 0.218 e. The highest BCUT2D eigenvalue weighted by molar-refractivity contribution is 5.92. The third-order valence-corrected chi connectivity index (χ3v) is 2.37. The highest BCUT2D eigenvalue weighted by Crippen LogP contribution is 2.27. The van der Waals surface area contributed by atoms with Crippen molar-refractivity contribution >= 4 is 11.9 Å². The maximum Gasteiger partial charge on any atom is 0.218 e. The van der Waals surface area contributed by atoms with E-state index < -0.39 is 0 Å². The summed E-state index contributed by atoms with van der Waals surface area (Å²) in [5.41, 5.74) is 16.9. The molecule has 0 fully saturated rings. The standard InChI is InChI=1S/C12H19N5O2/c1-18-9-4-3-8(7-10(9)19-2)5-6-16-12(15)17-11(13)14/h3-4,7H,5-6H2,1-2H3,(H6,13,14,15,16,17). The van der Waals surface area contributed by atoms with Crippen molar-refractivity contribution in [2.75, 3.05) is 20.8 Å². The predicted molar refractivity (Wildman–Crippen MR) is 75.5 cm³/mol. The van der Waals surface area contributed by atoms with Crippen LogP contribution in [0.2, 0.25) is 0 Å². The molecule has 0 amide bonds. The van der Waals surface area contributed by atoms with E-state index in [1.54, 1.807) is 14.2 Å². The number of rotatable bonds is 5. The molecule has 0 atom stereocenters. The number of guanidine groups is 2. The van der Waals surface area contributed by atoms with Gasteiger partial charge in [0.25, 0.3) is 0 Å². The molecule has 0 radical (unpaired) electrons. The van der Waals surface area contributed by atoms with Gasteiger partial charge in [-0.3, -0.25) is 4.99 Å². The zero-order chi connectivity index (χ0) is 14.3. The van der Waals surface area contributed by atoms with Crippen molar-refractivity contribution in [3.8, 4) is 11.5 Å². The molecule has 1 aromatic rings. The average molecular weight is 265 g/mol. The monoisotopic (exact) mass is 265 g/mol. The number of hydrogen-bond acceptors (Lipinski definition) is 3. The van der Waals surface area contributed by atoms with Crippen molar-refractivity contribution in [3.05, 3.63) is 23.8 Å². The number of aliphatic imine (C=N–C) groups is 2. The Morgan fingerprint density at radius 2 is 1.79 bits per heavy atom. The van der Waals surface area contributed by atoms with Crippen LogP contribution >= 0.6 is 0 Å². The number of benzene rings is 1. The second kappa shape index (κ2) is 7.10. The lowest BCUT2D eigenvalue weighted by molar-refractivity contribution is 0.354. The van der Waals surface area contributed by atoms with Gasteiger partial charge in [0.1, 0.15) is 0 Å². The molecule has 0 aliphatic carbocycles. The maximum atomic E-state index is 5.50. The predicted octanol–water partition coefficient (Wildman–Crippen LogP) is -0.166. The molecule has 0 aliphatic rings. The Morgan fingerprint density at radius 1 is 1.11 bits per heavy atom. The van der Waals surface area contributed by atoms with Gasteiger partial charge in [-0.2, -0.15) is 4.99 Å². The summed E-state index contributed by atoms with van der Waals surface area (Å²) in [6.45, 7) is 0.484. The van der Waals surface area contributed by atoms with E-state index >= 15 is 0 Å². The van der Waals surface area contributed by atoms with Crippen LogP contribution in [0.5, 0.6) is 11.5 Å². The summed E-state index contributed by atoms with van der Waals surface area (Å²) in [7, 11) is 3.19. The Labute approximate surface area is 112 Å². The molecule has 19 heavy (non-hydrogen) atoms. The molecule has 0 heterocycles. The lowest BCUT2D eigenvalue weighted by Crippen LogP contribution is -2.26. The molecule has 0 saturated carbocycles. The largest absolute Gasteiger partial charge is 0.493 e. The molecule has 104 valence electrons. The molecule has 0 bridgehead atoms. The molecule has 0 unspecified atom stereocenters. The van der Waals surface area contributed by atoms with Crippen LogP contribution in [0.3, 0.4) is 0 Å². The van der Waals surface area contributed by atoms with E-state index in [-0.39, 0.29) is 11.9 Å². The summed E-state index contributed by atoms with van der Waals surface area (Å²) in [6, 6.07) is 5.68. The normalized spacial score (nSPS) is 10.9. The Kier molecular flexibility index (Phi) is 5.46. The lowest BCUT2D eigenvalue weighted by Gasteiger charge is -2.08. The van der Waals surface area contributed by atoms with Crippen LogP contribution < -0.4 is 26.7 Å². The van der Waals surface area contributed by atoms with E-state index in [9.17, 15) is 0 Å². The Hall–Kier alpha value is -2.44. The van der Waals surface area contributed by atoms with Crippen molar-refractivity contribution in [1.29, 1.82) is 0 Å². The van der Waals surface area contributed by atoms with E-state index in [4.69, 9.17) is 26.7 Å². The SMILES string of the molecule is COc1ccc(CCN=C(N)N=C(N)N)cc1OC. The van der Waals surface area contributed by atoms with Gasteiger partial charge in [0.05, 0.1) is 14.2 Å². The van der Waals surface area contributed by atoms with Gasteiger partial charge in [-0.15, -0.1) is 0 Å². The number of methoxy groups -OCH3 is 2. The summed E-state index contributed by atoms with van der Waals surface area (Å²) in [4.78, 5) is 7.66. The van der Waals surface area contributed by atoms with Gasteiger partial charge in [0.2, 0.25) is 5.96 Å². The third-order valence-electron chi connectivity index (χ3n) is 2.37. The second-order valence-corrected chi connectivity index (χ2v) is 3.72. The summed E-state index contributed by atoms with van der Waals surface area (Å²) in [5, 5.41) is 0. The fourth-order valence-corrected chi connectivity index (χ4v) is 1.50. The van der Waals surface area contributed by atoms with Crippen molar-refractivity contribution in [2.45, 2.75) is 6.42 Å². The topological polar surface area (TPSA) is 121 Å². The van der Waals surface area contributed by atoms with Gasteiger partial charge in [0, 0.05) is 6.54 Å². The molecule has 1 rings (SSSR count). The van der Waals surface area contributed by atoms with Crippen molar-refractivity contribution in [1.82, 2.24) is 0 Å². The zero-order valence-corrected chi connectivity index (χ0v) is 11.1. The minimum absolute atomic E-state index is 0.0699. The number of ether oxygens (including phenoxy) is 2. The summed E-state index contributed by atoms with van der Waals surface area (Å²) in [6.07, 6.45) is 0.695. The van der Waals surface area contributed by atoms with Gasteiger partial charge in [-0.05, 0) is 24.1 Å². The molecule has 0 aromatic heterocycles. The molecule has 0 spiro atoms. The average Bonchev–Trinajstić information content (AvgIpc) is 2.37. The van der Waals surface area contributed by atoms with Gasteiger partial charge in [-0.1, -0.05) is 6.07 Å². The zero-order valence-electron chi connectivity index (χ0n) is 11.1. The van der Waals surface area contributed by atoms with Crippen molar-refractivity contribution < 1.29 is 9.47 Å². The molecule has 7 nitrogen and oxygen atoms in total. The van der Waals surface area contributed by atoms with Crippen LogP contribution in [0.4, 0.5) is 0 Å². The molecule has 0 aliphatic heterocycles. The van der Waals surface area contributed by atoms with Crippen LogP contribution in [0.15, 0.2) is 28.2 Å². The Bertz CT molecular complexity index is 481. The van der Waals surface area contributed by atoms with E-state index in [0.717, 1.165) is 5.56 Å². The van der Waals surface area contributed by atoms with Crippen molar-refractivity contribution in [2.24, 2.45) is 27.2 Å². The number of hydrogen-bond donors (Lipinski definition) is 3. The summed E-state index contributed by atoms with van der Waals surface area (Å²) in [5.74, 6) is 1.34. The van der Waals surface area contributed by atoms with Crippen LogP contribution in [-0.4, -0.2) is 32.7 Å². The van der Waals surface area contributed by atoms with Crippen LogP contribution in [0.1, 0.15) is 5.56 Å². The molecule has 6 N–H and O–H groups in total. The van der Waals surface area contributed by atoms with Crippen LogP contribution in [0, 0.1) is 0 Å². The third kappa shape index (κ3) is 4.74. The van der Waals surface area contributed by atoms with E-state index in [0.29, 0.717) is 24.5 Å². The Balaban J connectivity index is 2.66. The molecule has 0 saturated heterocycles. The Morgan fingerprint density at radius 3 is 2.37 bits per heavy atom. The van der Waals surface area contributed by atoms with Crippen LogP contribution in [0.25, 0.3) is 0 Å². The minimum Gasteiger partial charge on any atom is -0.493 e. The number of nitrogens with zero attached hydrogens (tertiary/aromatic N) is 2. The lowest BCUT2D eigenvalue weighted by atomic mass is 10.1. The first kappa shape index (κ1) is 14.6. The van der Waals surface area contributed by atoms with Gasteiger partial charge in [-0.25, -0.2) is 0 Å². The summed E-state index contributed by atoms with van der Waals surface area (Å²) < 4.78 is 10.4. The first-order valence-electron chi connectivity index (χ1n) is 5.67. The second-order valence-electron chi connectivity index (χ2n) is 3.72. The van der Waals surface area contributed by atoms with Gasteiger partial charge >= 0.3 is 0 Å². The minimum atomic E-state index is -0.104. The summed E-state index contributed by atoms with van der Waals surface area (Å²) >= 11 is 0. The van der Waals surface area contributed by atoms with E-state index in [1.807, 2.05) is 18.2 Å². The molecule has 1 aromatic carbocycles. The van der Waals surface area contributed by atoms with Gasteiger partial charge in [0.15, 0.2) is 17.5 Å². The molecule has 7 heteroatoms. The fourth-order valence-electron chi connectivity index (χ4n) is 1.50. The molecular formula is C12H19N5O2. The van der Waals surface area contributed by atoms with E-state index in [1.165, 1.54) is 0 Å². The first-order valence-corrected chi connectivity index (χ1v) is 5.67. The molecular weight excluding hydrogens is 246 g/mol. The quantitative estimate of drug-likeness (QED) is 0.504. The highest BCUT2D eigenvalue weighted by Gasteiger charge is 2.04. The first-order chi connectivity index (χ1) is 9.06. The van der Waals surface area contributed by atoms with Crippen LogP contribution in [-0.2, 0) is 6.42 Å². The van der Waals surface area contributed by atoms with Gasteiger partial charge < -0.3 is 26.7 Å². The number of nitrogens with two attached hydrogens (primary N) is 3.